The maximum absolute atomic E-state index is 11.3. The van der Waals surface area contributed by atoms with Crippen LogP contribution in [-0.4, -0.2) is 34.6 Å². The average Bonchev–Trinajstić information content (AvgIpc) is 3.07. The van der Waals surface area contributed by atoms with Gasteiger partial charge in [-0.3, -0.25) is 9.98 Å². The molecule has 0 aliphatic rings. The molecule has 8 nitrogen and oxygen atoms in total. The minimum Gasteiger partial charge on any atom is -0.550 e. The first-order chi connectivity index (χ1) is 24.4. The van der Waals surface area contributed by atoms with Crippen molar-refractivity contribution < 1.29 is 46.8 Å². The van der Waals surface area contributed by atoms with Crippen LogP contribution in [0.4, 0.5) is 11.4 Å². The number of aliphatic imine (C=N–C) groups is 2. The van der Waals surface area contributed by atoms with Crippen LogP contribution in [0.2, 0.25) is 0 Å². The number of carbonyl (C=O) groups excluding carboxylic acids is 2. The molecule has 0 unspecified atom stereocenters. The van der Waals surface area contributed by atoms with Crippen molar-refractivity contribution in [3.05, 3.63) is 131 Å². The number of phenolic OH excluding ortho intramolecular Hbond substituents is 2. The van der Waals surface area contributed by atoms with Gasteiger partial charge in [-0.25, -0.2) is 0 Å². The fraction of sp³-hybridized carbons (Fsp3) is 0.227. The second-order valence-corrected chi connectivity index (χ2v) is 14.1. The summed E-state index contributed by atoms with van der Waals surface area (Å²) in [6.07, 6.45) is 3.41. The minimum atomic E-state index is -1.08. The Hall–Kier alpha value is -5.51. The van der Waals surface area contributed by atoms with Crippen LogP contribution in [-0.2, 0) is 37.2 Å². The largest absolute Gasteiger partial charge is 2.00 e. The number of aliphatic carboxylic acids is 2. The molecule has 1 radical (unpaired) electrons. The van der Waals surface area contributed by atoms with E-state index in [1.807, 2.05) is 72.8 Å². The van der Waals surface area contributed by atoms with Crippen molar-refractivity contribution in [3.8, 4) is 33.8 Å². The zero-order chi connectivity index (χ0) is 38.6. The van der Waals surface area contributed by atoms with Crippen molar-refractivity contribution in [2.45, 2.75) is 66.2 Å². The molecule has 5 aromatic carbocycles. The van der Waals surface area contributed by atoms with Crippen LogP contribution in [0.5, 0.6) is 11.5 Å². The first kappa shape index (κ1) is 43.6. The Labute approximate surface area is 322 Å². The molecule has 5 aromatic rings. The van der Waals surface area contributed by atoms with Gasteiger partial charge in [-0.15, -0.1) is 0 Å². The van der Waals surface area contributed by atoms with Crippen LogP contribution in [0.3, 0.4) is 0 Å². The number of benzene rings is 5. The predicted octanol–water partition coefficient (Wildman–Crippen LogP) is 8.04. The van der Waals surface area contributed by atoms with Crippen molar-refractivity contribution in [2.24, 2.45) is 9.98 Å². The number of phenols is 2. The van der Waals surface area contributed by atoms with Gasteiger partial charge in [0.2, 0.25) is 0 Å². The normalized spacial score (nSPS) is 11.2. The van der Waals surface area contributed by atoms with Crippen LogP contribution < -0.4 is 10.2 Å². The van der Waals surface area contributed by atoms with Gasteiger partial charge < -0.3 is 30.0 Å². The minimum absolute atomic E-state index is 0. The molecule has 0 heterocycles. The number of para-hydroxylation sites is 2. The van der Waals surface area contributed by atoms with Gasteiger partial charge in [-0.05, 0) is 83.3 Å². The summed E-state index contributed by atoms with van der Waals surface area (Å²) in [5, 5.41) is 40.4. The molecule has 277 valence electrons. The molecule has 0 aromatic heterocycles. The Morgan fingerprint density at radius 2 is 0.811 bits per heavy atom. The van der Waals surface area contributed by atoms with Crippen LogP contribution in [0.1, 0.15) is 77.6 Å². The summed E-state index contributed by atoms with van der Waals surface area (Å²) in [6, 6.07) is 36.0. The molecule has 0 bridgehead atoms. The van der Waals surface area contributed by atoms with Gasteiger partial charge in [0.05, 0.1) is 11.4 Å². The number of hydrogen-bond acceptors (Lipinski definition) is 8. The predicted molar refractivity (Wildman–Crippen MR) is 207 cm³/mol. The Bertz CT molecular complexity index is 1890. The van der Waals surface area contributed by atoms with E-state index in [1.54, 1.807) is 12.4 Å². The van der Waals surface area contributed by atoms with Crippen LogP contribution >= 0.6 is 0 Å². The fourth-order valence-electron chi connectivity index (χ4n) is 5.21. The van der Waals surface area contributed by atoms with Gasteiger partial charge in [0.15, 0.2) is 0 Å². The van der Waals surface area contributed by atoms with E-state index in [-0.39, 0.29) is 39.1 Å². The molecule has 9 heteroatoms. The first-order valence-electron chi connectivity index (χ1n) is 16.8. The van der Waals surface area contributed by atoms with Crippen LogP contribution in [0.25, 0.3) is 22.3 Å². The summed E-state index contributed by atoms with van der Waals surface area (Å²) in [5.74, 6) is -1.72. The third kappa shape index (κ3) is 13.2. The molecule has 0 saturated heterocycles. The third-order valence-electron chi connectivity index (χ3n) is 7.68. The Kier molecular flexibility index (Phi) is 15.9. The van der Waals surface area contributed by atoms with E-state index in [2.05, 4.69) is 77.9 Å². The van der Waals surface area contributed by atoms with E-state index in [0.29, 0.717) is 22.5 Å². The summed E-state index contributed by atoms with van der Waals surface area (Å²) in [6.45, 7) is 14.5. The monoisotopic (exact) mass is 757 g/mol. The molecule has 0 saturated carbocycles. The van der Waals surface area contributed by atoms with Gasteiger partial charge in [0, 0.05) is 46.6 Å². The van der Waals surface area contributed by atoms with Gasteiger partial charge in [-0.1, -0.05) is 114 Å². The molecule has 0 spiro atoms. The maximum Gasteiger partial charge on any atom is 2.00 e. The topological polar surface area (TPSA) is 145 Å². The molecule has 0 atom stereocenters. The summed E-state index contributed by atoms with van der Waals surface area (Å²) in [5.41, 5.74) is 7.95. The van der Waals surface area contributed by atoms with E-state index < -0.39 is 11.9 Å². The SMILES string of the molecule is CC(=O)[O-].CC(=O)[O-].CC(C)(C)c1cc(-c2ccccc2)cc(C=Nc2ccccc2N=Cc2cc(-c3ccccc3)cc(C(C)(C)C)c2O)c1O.[Co+2]. The number of carboxylic acids is 2. The Balaban J connectivity index is 0.000000982. The molecule has 5 rings (SSSR count). The van der Waals surface area contributed by atoms with Crippen molar-refractivity contribution in [1.82, 2.24) is 0 Å². The quantitative estimate of drug-likeness (QED) is 0.168. The van der Waals surface area contributed by atoms with E-state index in [9.17, 15) is 10.2 Å². The zero-order valence-corrected chi connectivity index (χ0v) is 32.3. The number of rotatable bonds is 6. The van der Waals surface area contributed by atoms with Gasteiger partial charge in [-0.2, -0.15) is 0 Å². The number of carbonyl (C=O) groups is 2. The smallest absolute Gasteiger partial charge is 0.550 e. The van der Waals surface area contributed by atoms with Crippen molar-refractivity contribution in [1.29, 1.82) is 0 Å². The summed E-state index contributed by atoms with van der Waals surface area (Å²) in [7, 11) is 0. The molecule has 0 amide bonds. The Morgan fingerprint density at radius 3 is 1.09 bits per heavy atom. The molecular weight excluding hydrogens is 711 g/mol. The molecular formula is C44H46CoN2O6. The summed E-state index contributed by atoms with van der Waals surface area (Å²) < 4.78 is 0. The number of hydrogen-bond donors (Lipinski definition) is 2. The van der Waals surface area contributed by atoms with E-state index in [4.69, 9.17) is 29.8 Å². The zero-order valence-electron chi connectivity index (χ0n) is 31.3. The van der Waals surface area contributed by atoms with Crippen molar-refractivity contribution in [2.75, 3.05) is 0 Å². The van der Waals surface area contributed by atoms with Crippen molar-refractivity contribution >= 4 is 35.7 Å². The summed E-state index contributed by atoms with van der Waals surface area (Å²) >= 11 is 0. The molecule has 2 N–H and O–H groups in total. The summed E-state index contributed by atoms with van der Waals surface area (Å²) in [4.78, 5) is 27.4. The van der Waals surface area contributed by atoms with Crippen LogP contribution in [0.15, 0.2) is 119 Å². The van der Waals surface area contributed by atoms with Gasteiger partial charge in [0.25, 0.3) is 0 Å². The molecule has 0 aliphatic carbocycles. The molecule has 0 fully saturated rings. The average molecular weight is 758 g/mol. The second kappa shape index (κ2) is 19.4. The molecule has 0 aliphatic heterocycles. The number of aromatic hydroxyl groups is 2. The first-order valence-corrected chi connectivity index (χ1v) is 16.8. The van der Waals surface area contributed by atoms with E-state index >= 15 is 0 Å². The van der Waals surface area contributed by atoms with Gasteiger partial charge >= 0.3 is 16.8 Å². The van der Waals surface area contributed by atoms with E-state index in [0.717, 1.165) is 47.2 Å². The second-order valence-electron chi connectivity index (χ2n) is 14.1. The third-order valence-corrected chi connectivity index (χ3v) is 7.68. The molecule has 53 heavy (non-hydrogen) atoms. The number of nitrogens with zero attached hydrogens (tertiary/aromatic N) is 2. The Morgan fingerprint density at radius 1 is 0.528 bits per heavy atom. The maximum atomic E-state index is 11.3. The van der Waals surface area contributed by atoms with E-state index in [1.165, 1.54) is 0 Å². The van der Waals surface area contributed by atoms with Crippen LogP contribution in [0, 0.1) is 0 Å². The fourth-order valence-corrected chi connectivity index (χ4v) is 5.21. The standard InChI is InChI=1S/C40H40N2O2.2C2H4O2.Co/c1-39(2,3)33-23-29(27-15-9-7-10-16-27)21-31(37(33)43)25-41-35-19-13-14-20-36(35)42-26-32-22-30(28-17-11-8-12-18-28)24-34(38(32)44)40(4,5)6;2*1-2(3)4;/h7-26,43-44H,1-6H3;2*1H3,(H,3,4);/q;;;+2/p-2. The number of carboxylic acid groups (broad SMARTS) is 2. The van der Waals surface area contributed by atoms with Crippen molar-refractivity contribution in [3.63, 3.8) is 0 Å². The van der Waals surface area contributed by atoms with Gasteiger partial charge in [0.1, 0.15) is 11.5 Å².